The van der Waals surface area contributed by atoms with Crippen molar-refractivity contribution in [1.82, 2.24) is 0 Å². The molecular weight excluding hydrogens is 319 g/mol. The Kier molecular flexibility index (Phi) is 5.57. The predicted octanol–water partition coefficient (Wildman–Crippen LogP) is 4.90. The van der Waals surface area contributed by atoms with E-state index in [0.29, 0.717) is 6.42 Å². The molecule has 1 nitrogen and oxygen atoms in total. The van der Waals surface area contributed by atoms with Gasteiger partial charge in [0, 0.05) is 6.42 Å². The monoisotopic (exact) mass is 340 g/mol. The minimum absolute atomic E-state index is 0. The van der Waals surface area contributed by atoms with Gasteiger partial charge in [-0.1, -0.05) is 85.5 Å². The van der Waals surface area contributed by atoms with Gasteiger partial charge in [-0.15, -0.1) is 11.6 Å². The number of allylic oxidation sites excluding steroid dienone is 2. The number of rotatable bonds is 3. The van der Waals surface area contributed by atoms with E-state index in [1.807, 2.05) is 18.2 Å². The Balaban J connectivity index is 0.00000192. The summed E-state index contributed by atoms with van der Waals surface area (Å²) in [6, 6.07) is 16.6. The number of aryl methyl sites for hydroxylation is 1. The molecule has 1 aliphatic carbocycles. The van der Waals surface area contributed by atoms with Crippen LogP contribution in [0.2, 0.25) is 0 Å². The molecule has 2 heteroatoms. The summed E-state index contributed by atoms with van der Waals surface area (Å²) in [5, 5.41) is 0. The summed E-state index contributed by atoms with van der Waals surface area (Å²) in [7, 11) is 0. The predicted molar refractivity (Wildman–Crippen MR) is 92.4 cm³/mol. The molecular formula is C21H21OV+. The molecule has 0 aromatic heterocycles. The number of carbonyl (C=O) groups excluding carboxylic acids is 1. The Hall–Kier alpha value is -1.70. The van der Waals surface area contributed by atoms with E-state index >= 15 is 0 Å². The van der Waals surface area contributed by atoms with Crippen molar-refractivity contribution in [2.75, 3.05) is 0 Å². The fourth-order valence-corrected chi connectivity index (χ4v) is 3.33. The molecule has 0 heterocycles. The first kappa shape index (κ1) is 17.7. The van der Waals surface area contributed by atoms with Gasteiger partial charge >= 0.3 is 18.6 Å². The fourth-order valence-electron chi connectivity index (χ4n) is 3.33. The first-order valence-corrected chi connectivity index (χ1v) is 7.88. The van der Waals surface area contributed by atoms with Gasteiger partial charge in [0.05, 0.1) is 0 Å². The van der Waals surface area contributed by atoms with E-state index in [-0.39, 0.29) is 24.3 Å². The van der Waals surface area contributed by atoms with Gasteiger partial charge in [-0.25, -0.2) is 0 Å². The van der Waals surface area contributed by atoms with E-state index in [4.69, 9.17) is 0 Å². The quantitative estimate of drug-likeness (QED) is 0.727. The summed E-state index contributed by atoms with van der Waals surface area (Å²) in [5.74, 6) is 1.43. The van der Waals surface area contributed by atoms with Gasteiger partial charge in [-0.2, -0.15) is 11.5 Å². The van der Waals surface area contributed by atoms with Crippen LogP contribution in [0.15, 0.2) is 48.5 Å². The molecule has 2 aromatic carbocycles. The maximum Gasteiger partial charge on any atom is 2.00 e. The van der Waals surface area contributed by atoms with Crippen LogP contribution in [-0.4, -0.2) is 5.78 Å². The first-order chi connectivity index (χ1) is 10.6. The zero-order chi connectivity index (χ0) is 15.7. The second kappa shape index (κ2) is 7.25. The van der Waals surface area contributed by atoms with Gasteiger partial charge in [0.1, 0.15) is 5.78 Å². The Morgan fingerprint density at radius 3 is 2.22 bits per heavy atom. The minimum Gasteiger partial charge on any atom is -0.308 e. The molecule has 1 radical (unpaired) electrons. The third-order valence-corrected chi connectivity index (χ3v) is 4.33. The molecule has 115 valence electrons. The van der Waals surface area contributed by atoms with Crippen molar-refractivity contribution in [2.45, 2.75) is 33.6 Å². The Bertz CT molecular complexity index is 756. The van der Waals surface area contributed by atoms with Crippen LogP contribution >= 0.6 is 0 Å². The number of ketones is 1. The van der Waals surface area contributed by atoms with Crippen molar-refractivity contribution in [3.8, 4) is 0 Å². The molecule has 2 aromatic rings. The van der Waals surface area contributed by atoms with Gasteiger partial charge in [-0.05, 0) is 6.42 Å². The van der Waals surface area contributed by atoms with Crippen molar-refractivity contribution >= 4 is 16.9 Å². The van der Waals surface area contributed by atoms with Crippen LogP contribution in [0.3, 0.4) is 0 Å². The summed E-state index contributed by atoms with van der Waals surface area (Å²) in [6.45, 7) is 6.33. The molecule has 0 aliphatic heterocycles. The summed E-state index contributed by atoms with van der Waals surface area (Å²) in [5.41, 5.74) is 6.71. The normalized spacial score (nSPS) is 13.4. The molecule has 0 unspecified atom stereocenters. The van der Waals surface area contributed by atoms with E-state index in [1.54, 1.807) is 0 Å². The second-order valence-corrected chi connectivity index (χ2v) is 6.02. The minimum atomic E-state index is 0. The average Bonchev–Trinajstić information content (AvgIpc) is 2.53. The second-order valence-electron chi connectivity index (χ2n) is 6.02. The van der Waals surface area contributed by atoms with Gasteiger partial charge in [0.25, 0.3) is 0 Å². The third kappa shape index (κ3) is 3.17. The van der Waals surface area contributed by atoms with Crippen LogP contribution in [0.4, 0.5) is 0 Å². The molecule has 0 amide bonds. The van der Waals surface area contributed by atoms with Crippen LogP contribution < -0.4 is 0 Å². The van der Waals surface area contributed by atoms with Crippen LogP contribution in [0, 0.1) is 5.92 Å². The third-order valence-electron chi connectivity index (χ3n) is 4.33. The van der Waals surface area contributed by atoms with Crippen molar-refractivity contribution in [1.29, 1.82) is 0 Å². The van der Waals surface area contributed by atoms with Crippen LogP contribution in [0.25, 0.3) is 11.1 Å². The number of benzene rings is 2. The maximum absolute atomic E-state index is 12.9. The van der Waals surface area contributed by atoms with Crippen molar-refractivity contribution in [3.05, 3.63) is 76.7 Å². The Morgan fingerprint density at radius 2 is 1.57 bits per heavy atom. The number of Topliss-reactive ketones (excluding diaryl/α,β-unsaturated/α-hetero) is 1. The molecule has 1 aliphatic rings. The zero-order valence-corrected chi connectivity index (χ0v) is 15.3. The van der Waals surface area contributed by atoms with Crippen molar-refractivity contribution < 1.29 is 23.4 Å². The molecule has 0 saturated carbocycles. The Labute approximate surface area is 150 Å². The number of hydrogen-bond donors (Lipinski definition) is 0. The SMILES string of the molecule is CCc1ccccc1C1=C([C-](C)C)c2ccccc2CC1=O.[V+2]. The molecule has 0 atom stereocenters. The summed E-state index contributed by atoms with van der Waals surface area (Å²) in [6.07, 6.45) is 1.44. The number of carbonyl (C=O) groups is 1. The van der Waals surface area contributed by atoms with E-state index in [1.165, 1.54) is 17.0 Å². The van der Waals surface area contributed by atoms with E-state index in [0.717, 1.165) is 28.7 Å². The molecule has 23 heavy (non-hydrogen) atoms. The smallest absolute Gasteiger partial charge is 0.308 e. The largest absolute Gasteiger partial charge is 2.00 e. The maximum atomic E-state index is 12.9. The molecule has 0 saturated heterocycles. The standard InChI is InChI=1S/C21H21O.V/c1-4-15-9-5-7-11-17(15)21-19(22)13-16-10-6-8-12-18(16)20(21)14(2)3;/h5-12H,4,13H2,1-3H3;/q-1;+2. The summed E-state index contributed by atoms with van der Waals surface area (Å²) in [4.78, 5) is 12.9. The molecule has 0 bridgehead atoms. The van der Waals surface area contributed by atoms with Gasteiger partial charge in [0.15, 0.2) is 0 Å². The van der Waals surface area contributed by atoms with E-state index in [9.17, 15) is 4.79 Å². The van der Waals surface area contributed by atoms with Crippen molar-refractivity contribution in [2.24, 2.45) is 0 Å². The van der Waals surface area contributed by atoms with Crippen LogP contribution in [-0.2, 0) is 36.2 Å². The summed E-state index contributed by atoms with van der Waals surface area (Å²) >= 11 is 0. The zero-order valence-electron chi connectivity index (χ0n) is 13.9. The van der Waals surface area contributed by atoms with Crippen molar-refractivity contribution in [3.63, 3.8) is 0 Å². The van der Waals surface area contributed by atoms with Gasteiger partial charge in [-0.3, -0.25) is 0 Å². The average molecular weight is 340 g/mol. The first-order valence-electron chi connectivity index (χ1n) is 7.88. The van der Waals surface area contributed by atoms with Gasteiger partial charge < -0.3 is 4.79 Å². The number of fused-ring (bicyclic) bond motifs is 1. The summed E-state index contributed by atoms with van der Waals surface area (Å²) < 4.78 is 0. The fraction of sp³-hybridized carbons (Fsp3) is 0.238. The van der Waals surface area contributed by atoms with Crippen LogP contribution in [0.1, 0.15) is 43.0 Å². The number of hydrogen-bond acceptors (Lipinski definition) is 1. The Morgan fingerprint density at radius 1 is 0.957 bits per heavy atom. The van der Waals surface area contributed by atoms with E-state index < -0.39 is 0 Å². The molecule has 3 rings (SSSR count). The topological polar surface area (TPSA) is 17.1 Å². The van der Waals surface area contributed by atoms with Crippen LogP contribution in [0.5, 0.6) is 0 Å². The molecule has 0 fully saturated rings. The van der Waals surface area contributed by atoms with E-state index in [2.05, 4.69) is 51.1 Å². The molecule has 0 spiro atoms. The molecule has 0 N–H and O–H groups in total. The van der Waals surface area contributed by atoms with Gasteiger partial charge in [0.2, 0.25) is 0 Å².